The number of nitriles is 1. The topological polar surface area (TPSA) is 23.8 Å². The zero-order valence-corrected chi connectivity index (χ0v) is 5.89. The molecule has 0 fully saturated rings. The molecule has 0 bridgehead atoms. The number of hydrogen-bond donors (Lipinski definition) is 0. The van der Waals surface area contributed by atoms with E-state index in [1.165, 1.54) is 12.1 Å². The zero-order valence-electron chi connectivity index (χ0n) is 5.89. The molecule has 4 heteroatoms. The summed E-state index contributed by atoms with van der Waals surface area (Å²) < 4.78 is 36.0. The number of benzene rings is 1. The van der Waals surface area contributed by atoms with Crippen molar-refractivity contribution in [2.45, 2.75) is 6.18 Å². The monoisotopic (exact) mass is 170 g/mol. The largest absolute Gasteiger partial charge is 0.416 e. The molecule has 0 N–H and O–H groups in total. The van der Waals surface area contributed by atoms with Crippen LogP contribution in [0.4, 0.5) is 13.2 Å². The van der Waals surface area contributed by atoms with Crippen LogP contribution in [0.2, 0.25) is 0 Å². The summed E-state index contributed by atoms with van der Waals surface area (Å²) in [4.78, 5) is 0. The van der Waals surface area contributed by atoms with Gasteiger partial charge in [-0.05, 0) is 18.2 Å². The van der Waals surface area contributed by atoms with Gasteiger partial charge in [0.25, 0.3) is 0 Å². The highest BCUT2D eigenvalue weighted by Crippen LogP contribution is 2.29. The van der Waals surface area contributed by atoms with Crippen LogP contribution < -0.4 is 0 Å². The predicted molar refractivity (Wildman–Crippen MR) is 36.2 cm³/mol. The maximum absolute atomic E-state index is 12.0. The molecule has 0 aliphatic carbocycles. The van der Waals surface area contributed by atoms with Crippen LogP contribution in [0.3, 0.4) is 0 Å². The first-order valence-corrected chi connectivity index (χ1v) is 3.11. The minimum atomic E-state index is -4.37. The standard InChI is InChI=1S/C8H4F3N/c9-8(10,11)7-3-1-2-6(4-7)5-12/h1-4H/i9-1. The molecule has 1 nitrogen and oxygen atoms in total. The Balaban J connectivity index is 3.13. The van der Waals surface area contributed by atoms with Gasteiger partial charge in [0, 0.05) is 0 Å². The lowest BCUT2D eigenvalue weighted by atomic mass is 10.1. The lowest BCUT2D eigenvalue weighted by Gasteiger charge is -2.05. The highest BCUT2D eigenvalue weighted by atomic mass is 19.3. The Kier molecular flexibility index (Phi) is 2.05. The average molecular weight is 170 g/mol. The van der Waals surface area contributed by atoms with Crippen molar-refractivity contribution < 1.29 is 13.2 Å². The third-order valence-electron chi connectivity index (χ3n) is 1.32. The maximum atomic E-state index is 12.0. The minimum Gasteiger partial charge on any atom is -0.192 e. The third kappa shape index (κ3) is 1.76. The smallest absolute Gasteiger partial charge is 0.192 e. The first-order chi connectivity index (χ1) is 5.54. The number of halogens is 3. The third-order valence-corrected chi connectivity index (χ3v) is 1.32. The van der Waals surface area contributed by atoms with Gasteiger partial charge >= 0.3 is 6.18 Å². The average Bonchev–Trinajstić information content (AvgIpc) is 2.03. The quantitative estimate of drug-likeness (QED) is 0.587. The van der Waals surface area contributed by atoms with Crippen LogP contribution in [0.5, 0.6) is 0 Å². The summed E-state index contributed by atoms with van der Waals surface area (Å²) in [7, 11) is 0. The first-order valence-electron chi connectivity index (χ1n) is 3.11. The SMILES string of the molecule is N#Cc1cccc(C(F)(F)[18F])c1. The van der Waals surface area contributed by atoms with Crippen molar-refractivity contribution in [1.29, 1.82) is 5.26 Å². The van der Waals surface area contributed by atoms with Crippen molar-refractivity contribution in [3.05, 3.63) is 35.4 Å². The van der Waals surface area contributed by atoms with Gasteiger partial charge in [-0.2, -0.15) is 18.4 Å². The van der Waals surface area contributed by atoms with Gasteiger partial charge in [0.05, 0.1) is 17.2 Å². The fourth-order valence-electron chi connectivity index (χ4n) is 0.765. The Bertz CT molecular complexity index is 322. The van der Waals surface area contributed by atoms with E-state index in [0.717, 1.165) is 12.1 Å². The van der Waals surface area contributed by atoms with Crippen molar-refractivity contribution >= 4 is 0 Å². The summed E-state index contributed by atoms with van der Waals surface area (Å²) in [6, 6.07) is 5.93. The Morgan fingerprint density at radius 1 is 1.25 bits per heavy atom. The van der Waals surface area contributed by atoms with Crippen LogP contribution in [-0.4, -0.2) is 0 Å². The van der Waals surface area contributed by atoms with E-state index in [2.05, 4.69) is 0 Å². The lowest BCUT2D eigenvalue weighted by molar-refractivity contribution is -0.137. The van der Waals surface area contributed by atoms with E-state index in [9.17, 15) is 13.2 Å². The molecule has 0 aliphatic rings. The molecule has 0 saturated heterocycles. The minimum absolute atomic E-state index is 0.0184. The van der Waals surface area contributed by atoms with Crippen LogP contribution in [0.25, 0.3) is 0 Å². The molecule has 0 aromatic heterocycles. The van der Waals surface area contributed by atoms with Crippen LogP contribution in [0.1, 0.15) is 11.1 Å². The van der Waals surface area contributed by atoms with Crippen LogP contribution in [-0.2, 0) is 6.18 Å². The Hall–Kier alpha value is -1.50. The van der Waals surface area contributed by atoms with Gasteiger partial charge in [-0.15, -0.1) is 0 Å². The summed E-state index contributed by atoms with van der Waals surface area (Å²) in [6.07, 6.45) is -4.37. The molecule has 1 aromatic carbocycles. The number of hydrogen-bond acceptors (Lipinski definition) is 1. The van der Waals surface area contributed by atoms with Crippen LogP contribution in [0.15, 0.2) is 24.3 Å². The second kappa shape index (κ2) is 2.86. The van der Waals surface area contributed by atoms with E-state index >= 15 is 0 Å². The van der Waals surface area contributed by atoms with E-state index in [0.29, 0.717) is 0 Å². The highest BCUT2D eigenvalue weighted by Gasteiger charge is 2.30. The summed E-state index contributed by atoms with van der Waals surface area (Å²) >= 11 is 0. The number of rotatable bonds is 0. The lowest BCUT2D eigenvalue weighted by Crippen LogP contribution is -2.04. The van der Waals surface area contributed by atoms with Gasteiger partial charge in [-0.3, -0.25) is 0 Å². The molecule has 0 spiro atoms. The Morgan fingerprint density at radius 3 is 2.42 bits per heavy atom. The highest BCUT2D eigenvalue weighted by molar-refractivity contribution is 5.33. The number of alkyl halides is 3. The molecular weight excluding hydrogens is 166 g/mol. The summed E-state index contributed by atoms with van der Waals surface area (Å²) in [5.74, 6) is 0. The zero-order chi connectivity index (χ0) is 9.19. The molecule has 0 saturated carbocycles. The molecule has 0 atom stereocenters. The molecule has 0 aliphatic heterocycles. The van der Waals surface area contributed by atoms with Crippen molar-refractivity contribution in [2.75, 3.05) is 0 Å². The second-order valence-corrected chi connectivity index (χ2v) is 2.19. The van der Waals surface area contributed by atoms with E-state index < -0.39 is 11.7 Å². The maximum Gasteiger partial charge on any atom is 0.416 e. The van der Waals surface area contributed by atoms with Crippen molar-refractivity contribution in [1.82, 2.24) is 0 Å². The fourth-order valence-corrected chi connectivity index (χ4v) is 0.765. The normalized spacial score (nSPS) is 10.8. The molecule has 0 heterocycles. The molecule has 1 aromatic rings. The molecule has 1 rings (SSSR count). The first kappa shape index (κ1) is 8.60. The van der Waals surface area contributed by atoms with E-state index in [-0.39, 0.29) is 5.56 Å². The van der Waals surface area contributed by atoms with E-state index in [1.807, 2.05) is 0 Å². The molecular formula is C8H4F3N. The molecule has 0 amide bonds. The van der Waals surface area contributed by atoms with Crippen molar-refractivity contribution in [3.63, 3.8) is 0 Å². The molecule has 0 radical (unpaired) electrons. The summed E-state index contributed by atoms with van der Waals surface area (Å²) in [6.45, 7) is 0. The predicted octanol–water partition coefficient (Wildman–Crippen LogP) is 2.58. The van der Waals surface area contributed by atoms with Crippen LogP contribution in [0, 0.1) is 11.3 Å². The second-order valence-electron chi connectivity index (χ2n) is 2.19. The van der Waals surface area contributed by atoms with Gasteiger partial charge in [0.15, 0.2) is 0 Å². The van der Waals surface area contributed by atoms with E-state index in [1.54, 1.807) is 6.07 Å². The van der Waals surface area contributed by atoms with Gasteiger partial charge in [0.2, 0.25) is 0 Å². The Morgan fingerprint density at radius 2 is 1.92 bits per heavy atom. The Labute approximate surface area is 67.1 Å². The summed E-state index contributed by atoms with van der Waals surface area (Å²) in [5.41, 5.74) is -0.772. The fraction of sp³-hybridized carbons (Fsp3) is 0.125. The number of nitrogens with zero attached hydrogens (tertiary/aromatic N) is 1. The van der Waals surface area contributed by atoms with Gasteiger partial charge in [-0.1, -0.05) is 6.07 Å². The van der Waals surface area contributed by atoms with Crippen LogP contribution >= 0.6 is 0 Å². The van der Waals surface area contributed by atoms with Crippen molar-refractivity contribution in [2.24, 2.45) is 0 Å². The van der Waals surface area contributed by atoms with Crippen molar-refractivity contribution in [3.8, 4) is 6.07 Å². The van der Waals surface area contributed by atoms with Gasteiger partial charge < -0.3 is 0 Å². The molecule has 0 unspecified atom stereocenters. The van der Waals surface area contributed by atoms with Gasteiger partial charge in [0.1, 0.15) is 0 Å². The van der Waals surface area contributed by atoms with E-state index in [4.69, 9.17) is 5.26 Å². The molecule has 12 heavy (non-hydrogen) atoms. The van der Waals surface area contributed by atoms with Gasteiger partial charge in [-0.25, -0.2) is 0 Å². The summed E-state index contributed by atoms with van der Waals surface area (Å²) in [5, 5.41) is 8.31. The molecule has 62 valence electrons.